The van der Waals surface area contributed by atoms with Crippen molar-refractivity contribution in [2.45, 2.75) is 98.7 Å². The van der Waals surface area contributed by atoms with E-state index in [1.54, 1.807) is 0 Å². The second-order valence-electron chi connectivity index (χ2n) is 7.63. The van der Waals surface area contributed by atoms with Crippen LogP contribution in [0.5, 0.6) is 0 Å². The van der Waals surface area contributed by atoms with Gasteiger partial charge in [0.25, 0.3) is 0 Å². The van der Waals surface area contributed by atoms with Gasteiger partial charge in [-0.3, -0.25) is 4.90 Å². The molecule has 0 spiro atoms. The highest BCUT2D eigenvalue weighted by molar-refractivity contribution is 4.83. The number of nitrogens with one attached hydrogen (secondary N) is 1. The van der Waals surface area contributed by atoms with Crippen molar-refractivity contribution in [1.82, 2.24) is 10.2 Å². The zero-order valence-electron chi connectivity index (χ0n) is 15.4. The maximum Gasteiger partial charge on any atom is 0.0223 e. The second-order valence-corrected chi connectivity index (χ2v) is 7.63. The monoisotopic (exact) mass is 284 g/mol. The van der Waals surface area contributed by atoms with Crippen LogP contribution in [0.3, 0.4) is 0 Å². The molecular formula is C18H40N2. The minimum Gasteiger partial charge on any atom is -0.311 e. The van der Waals surface area contributed by atoms with Gasteiger partial charge in [-0.15, -0.1) is 0 Å². The summed E-state index contributed by atoms with van der Waals surface area (Å²) in [6.45, 7) is 20.8. The van der Waals surface area contributed by atoms with Gasteiger partial charge in [0, 0.05) is 30.7 Å². The van der Waals surface area contributed by atoms with Gasteiger partial charge in [0.1, 0.15) is 0 Å². The molecule has 0 heterocycles. The zero-order valence-corrected chi connectivity index (χ0v) is 15.4. The largest absolute Gasteiger partial charge is 0.311 e. The predicted molar refractivity (Wildman–Crippen MR) is 92.4 cm³/mol. The van der Waals surface area contributed by atoms with Crippen molar-refractivity contribution < 1.29 is 0 Å². The fourth-order valence-corrected chi connectivity index (χ4v) is 2.92. The van der Waals surface area contributed by atoms with E-state index in [2.05, 4.69) is 65.6 Å². The Morgan fingerprint density at radius 2 is 1.50 bits per heavy atom. The van der Waals surface area contributed by atoms with Crippen LogP contribution in [0.4, 0.5) is 0 Å². The molecule has 0 aliphatic heterocycles. The van der Waals surface area contributed by atoms with E-state index in [4.69, 9.17) is 0 Å². The minimum atomic E-state index is 0.212. The molecule has 0 amide bonds. The summed E-state index contributed by atoms with van der Waals surface area (Å²) in [5.74, 6) is 0.740. The Labute approximate surface area is 128 Å². The van der Waals surface area contributed by atoms with Crippen LogP contribution >= 0.6 is 0 Å². The molecule has 2 heteroatoms. The van der Waals surface area contributed by atoms with Crippen molar-refractivity contribution in [2.75, 3.05) is 13.1 Å². The van der Waals surface area contributed by atoms with Gasteiger partial charge < -0.3 is 5.32 Å². The van der Waals surface area contributed by atoms with Gasteiger partial charge in [-0.25, -0.2) is 0 Å². The van der Waals surface area contributed by atoms with E-state index in [1.165, 1.54) is 32.2 Å². The van der Waals surface area contributed by atoms with Crippen molar-refractivity contribution in [3.8, 4) is 0 Å². The molecule has 0 rings (SSSR count). The first-order valence-corrected chi connectivity index (χ1v) is 8.75. The summed E-state index contributed by atoms with van der Waals surface area (Å²) in [5.41, 5.74) is 0.212. The van der Waals surface area contributed by atoms with Gasteiger partial charge >= 0.3 is 0 Å². The lowest BCUT2D eigenvalue weighted by Gasteiger charge is -2.40. The molecule has 1 unspecified atom stereocenters. The summed E-state index contributed by atoms with van der Waals surface area (Å²) in [6.07, 6.45) is 5.09. The molecule has 0 aliphatic rings. The summed E-state index contributed by atoms with van der Waals surface area (Å²) in [6, 6.07) is 1.40. The first kappa shape index (κ1) is 19.9. The summed E-state index contributed by atoms with van der Waals surface area (Å²) >= 11 is 0. The highest BCUT2D eigenvalue weighted by Gasteiger charge is 2.25. The summed E-state index contributed by atoms with van der Waals surface area (Å²) in [7, 11) is 0. The number of hydrogen-bond acceptors (Lipinski definition) is 2. The van der Waals surface area contributed by atoms with Gasteiger partial charge in [-0.2, -0.15) is 0 Å². The molecule has 0 fully saturated rings. The van der Waals surface area contributed by atoms with E-state index in [-0.39, 0.29) is 5.54 Å². The van der Waals surface area contributed by atoms with E-state index in [9.17, 15) is 0 Å². The second kappa shape index (κ2) is 9.78. The molecule has 0 bridgehead atoms. The number of nitrogens with zero attached hydrogens (tertiary/aromatic N) is 1. The van der Waals surface area contributed by atoms with Crippen molar-refractivity contribution in [1.29, 1.82) is 0 Å². The fraction of sp³-hybridized carbons (Fsp3) is 1.00. The van der Waals surface area contributed by atoms with Crippen LogP contribution in [-0.2, 0) is 0 Å². The van der Waals surface area contributed by atoms with Gasteiger partial charge in [0.15, 0.2) is 0 Å². The average Bonchev–Trinajstić information content (AvgIpc) is 2.33. The molecule has 2 nitrogen and oxygen atoms in total. The Morgan fingerprint density at radius 1 is 0.950 bits per heavy atom. The quantitative estimate of drug-likeness (QED) is 0.626. The van der Waals surface area contributed by atoms with Crippen molar-refractivity contribution in [2.24, 2.45) is 5.92 Å². The van der Waals surface area contributed by atoms with Crippen LogP contribution in [0.1, 0.15) is 81.1 Å². The lowest BCUT2D eigenvalue weighted by molar-refractivity contribution is 0.0968. The first-order chi connectivity index (χ1) is 9.25. The van der Waals surface area contributed by atoms with Crippen LogP contribution in [0.15, 0.2) is 0 Å². The van der Waals surface area contributed by atoms with E-state index >= 15 is 0 Å². The highest BCUT2D eigenvalue weighted by Crippen LogP contribution is 2.18. The third kappa shape index (κ3) is 8.26. The normalized spacial score (nSPS) is 14.6. The van der Waals surface area contributed by atoms with Crippen LogP contribution in [0.2, 0.25) is 0 Å². The lowest BCUT2D eigenvalue weighted by atomic mass is 10.00. The SMILES string of the molecule is CCCC(CNC(C)(C)C)N(CC(C)C)C(CC)CC. The molecule has 0 aromatic rings. The first-order valence-electron chi connectivity index (χ1n) is 8.75. The molecule has 1 N–H and O–H groups in total. The molecule has 1 atom stereocenters. The van der Waals surface area contributed by atoms with Crippen LogP contribution in [0, 0.1) is 5.92 Å². The lowest BCUT2D eigenvalue weighted by Crippen LogP contribution is -2.52. The van der Waals surface area contributed by atoms with Gasteiger partial charge in [-0.05, 0) is 46.0 Å². The average molecular weight is 285 g/mol. The third-order valence-electron chi connectivity index (χ3n) is 3.95. The zero-order chi connectivity index (χ0) is 15.8. The molecule has 0 radical (unpaired) electrons. The van der Waals surface area contributed by atoms with E-state index in [0.717, 1.165) is 18.5 Å². The fourth-order valence-electron chi connectivity index (χ4n) is 2.92. The molecule has 0 aromatic heterocycles. The molecule has 0 saturated heterocycles. The van der Waals surface area contributed by atoms with Crippen LogP contribution < -0.4 is 5.32 Å². The Balaban J connectivity index is 4.89. The number of hydrogen-bond donors (Lipinski definition) is 1. The van der Waals surface area contributed by atoms with Crippen molar-refractivity contribution >= 4 is 0 Å². The standard InChI is InChI=1S/C18H40N2/c1-9-12-17(13-19-18(6,7)8)20(14-15(4)5)16(10-2)11-3/h15-17,19H,9-14H2,1-8H3. The molecule has 0 aromatic carbocycles. The Hall–Kier alpha value is -0.0800. The summed E-state index contributed by atoms with van der Waals surface area (Å²) in [4.78, 5) is 2.78. The minimum absolute atomic E-state index is 0.212. The smallest absolute Gasteiger partial charge is 0.0223 e. The van der Waals surface area contributed by atoms with Crippen molar-refractivity contribution in [3.05, 3.63) is 0 Å². The summed E-state index contributed by atoms with van der Waals surface area (Å²) < 4.78 is 0. The molecule has 122 valence electrons. The Bertz CT molecular complexity index is 226. The Morgan fingerprint density at radius 3 is 1.85 bits per heavy atom. The molecule has 20 heavy (non-hydrogen) atoms. The number of rotatable bonds is 10. The third-order valence-corrected chi connectivity index (χ3v) is 3.95. The van der Waals surface area contributed by atoms with Crippen molar-refractivity contribution in [3.63, 3.8) is 0 Å². The van der Waals surface area contributed by atoms with Crippen LogP contribution in [0.25, 0.3) is 0 Å². The van der Waals surface area contributed by atoms with Crippen LogP contribution in [-0.4, -0.2) is 35.6 Å². The maximum absolute atomic E-state index is 3.72. The molecule has 0 saturated carbocycles. The van der Waals surface area contributed by atoms with E-state index < -0.39 is 0 Å². The Kier molecular flexibility index (Phi) is 9.74. The maximum atomic E-state index is 3.72. The predicted octanol–water partition coefficient (Wildman–Crippen LogP) is 4.69. The molecule has 0 aliphatic carbocycles. The highest BCUT2D eigenvalue weighted by atomic mass is 15.2. The summed E-state index contributed by atoms with van der Waals surface area (Å²) in [5, 5.41) is 3.72. The molecular weight excluding hydrogens is 244 g/mol. The van der Waals surface area contributed by atoms with E-state index in [0.29, 0.717) is 6.04 Å². The van der Waals surface area contributed by atoms with Gasteiger partial charge in [0.2, 0.25) is 0 Å². The van der Waals surface area contributed by atoms with Gasteiger partial charge in [0.05, 0.1) is 0 Å². The topological polar surface area (TPSA) is 15.3 Å². The van der Waals surface area contributed by atoms with Gasteiger partial charge in [-0.1, -0.05) is 41.0 Å². The van der Waals surface area contributed by atoms with E-state index in [1.807, 2.05) is 0 Å².